The Morgan fingerprint density at radius 3 is 2.76 bits per heavy atom. The zero-order valence-electron chi connectivity index (χ0n) is 9.90. The number of amides is 1. The van der Waals surface area contributed by atoms with Crippen LogP contribution in [-0.4, -0.2) is 40.4 Å². The van der Waals surface area contributed by atoms with Crippen LogP contribution in [0.15, 0.2) is 6.07 Å². The Kier molecular flexibility index (Phi) is 3.10. The van der Waals surface area contributed by atoms with Crippen molar-refractivity contribution < 1.29 is 4.79 Å². The van der Waals surface area contributed by atoms with Crippen molar-refractivity contribution in [1.82, 2.24) is 14.9 Å². The van der Waals surface area contributed by atoms with Gasteiger partial charge in [-0.15, -0.1) is 0 Å². The van der Waals surface area contributed by atoms with E-state index in [1.54, 1.807) is 24.9 Å². The van der Waals surface area contributed by atoms with E-state index in [4.69, 9.17) is 5.84 Å². The molecule has 1 fully saturated rings. The first-order valence-electron chi connectivity index (χ1n) is 5.44. The van der Waals surface area contributed by atoms with Gasteiger partial charge in [0, 0.05) is 19.7 Å². The van der Waals surface area contributed by atoms with Gasteiger partial charge >= 0.3 is 0 Å². The Bertz CT molecular complexity index is 435. The second kappa shape index (κ2) is 4.54. The van der Waals surface area contributed by atoms with Crippen molar-refractivity contribution in [2.24, 2.45) is 5.84 Å². The van der Waals surface area contributed by atoms with Crippen LogP contribution in [0.3, 0.4) is 0 Å². The Labute approximate surface area is 99.4 Å². The zero-order valence-corrected chi connectivity index (χ0v) is 9.90. The summed E-state index contributed by atoms with van der Waals surface area (Å²) in [6.45, 7) is 2.54. The number of rotatable bonds is 3. The lowest BCUT2D eigenvalue weighted by atomic mass is 10.2. The molecule has 2 heterocycles. The molecule has 1 aromatic heterocycles. The van der Waals surface area contributed by atoms with E-state index in [2.05, 4.69) is 20.7 Å². The number of nitrogens with zero attached hydrogens (tertiary/aromatic N) is 3. The number of nitrogens with one attached hydrogen (secondary N) is 2. The molecule has 0 spiro atoms. The molecule has 1 aromatic rings. The summed E-state index contributed by atoms with van der Waals surface area (Å²) in [6.07, 6.45) is 0.782. The lowest BCUT2D eigenvalue weighted by Crippen LogP contribution is -2.31. The minimum Gasteiger partial charge on any atom is -0.358 e. The molecule has 92 valence electrons. The van der Waals surface area contributed by atoms with Crippen molar-refractivity contribution in [2.75, 3.05) is 24.3 Å². The van der Waals surface area contributed by atoms with Crippen LogP contribution in [0.2, 0.25) is 0 Å². The summed E-state index contributed by atoms with van der Waals surface area (Å²) >= 11 is 0. The molecule has 1 atom stereocenters. The molecule has 0 bridgehead atoms. The molecule has 1 aliphatic rings. The van der Waals surface area contributed by atoms with Crippen molar-refractivity contribution in [3.05, 3.63) is 11.9 Å². The Hall–Kier alpha value is -1.89. The summed E-state index contributed by atoms with van der Waals surface area (Å²) < 4.78 is 0. The molecule has 7 heteroatoms. The first kappa shape index (κ1) is 11.6. The van der Waals surface area contributed by atoms with E-state index in [1.807, 2.05) is 0 Å². The van der Waals surface area contributed by atoms with Crippen molar-refractivity contribution in [1.29, 1.82) is 0 Å². The molecular formula is C10H16N6O. The third kappa shape index (κ3) is 2.44. The van der Waals surface area contributed by atoms with Crippen LogP contribution in [0, 0.1) is 6.92 Å². The molecule has 0 radical (unpaired) electrons. The predicted molar refractivity (Wildman–Crippen MR) is 64.2 cm³/mol. The standard InChI is InChI=1S/C10H16N6O/c1-6-12-8(5-9(13-6)15-11)14-7-3-4-16(2)10(7)17/h5,7H,3-4,11H2,1-2H3,(H2,12,13,14,15). The number of nitrogen functional groups attached to an aromatic ring is 1. The fourth-order valence-corrected chi connectivity index (χ4v) is 1.85. The highest BCUT2D eigenvalue weighted by atomic mass is 16.2. The fraction of sp³-hybridized carbons (Fsp3) is 0.500. The van der Waals surface area contributed by atoms with E-state index in [0.717, 1.165) is 13.0 Å². The summed E-state index contributed by atoms with van der Waals surface area (Å²) in [6, 6.07) is 1.47. The van der Waals surface area contributed by atoms with Gasteiger partial charge in [-0.1, -0.05) is 0 Å². The quantitative estimate of drug-likeness (QED) is 0.493. The highest BCUT2D eigenvalue weighted by molar-refractivity contribution is 5.86. The SMILES string of the molecule is Cc1nc(NN)cc(NC2CCN(C)C2=O)n1. The van der Waals surface area contributed by atoms with Gasteiger partial charge in [-0.05, 0) is 13.3 Å². The number of anilines is 2. The van der Waals surface area contributed by atoms with Gasteiger partial charge in [-0.2, -0.15) is 0 Å². The summed E-state index contributed by atoms with van der Waals surface area (Å²) in [5, 5.41) is 3.10. The lowest BCUT2D eigenvalue weighted by Gasteiger charge is -2.13. The molecule has 2 rings (SSSR count). The third-order valence-electron chi connectivity index (χ3n) is 2.74. The number of carbonyl (C=O) groups excluding carboxylic acids is 1. The van der Waals surface area contributed by atoms with Crippen molar-refractivity contribution >= 4 is 17.5 Å². The fourth-order valence-electron chi connectivity index (χ4n) is 1.85. The zero-order chi connectivity index (χ0) is 12.4. The monoisotopic (exact) mass is 236 g/mol. The van der Waals surface area contributed by atoms with Crippen LogP contribution < -0.4 is 16.6 Å². The maximum atomic E-state index is 11.7. The Morgan fingerprint density at radius 2 is 2.18 bits per heavy atom. The Morgan fingerprint density at radius 1 is 1.47 bits per heavy atom. The molecule has 0 aliphatic carbocycles. The average Bonchev–Trinajstić information content (AvgIpc) is 2.60. The van der Waals surface area contributed by atoms with Gasteiger partial charge in [0.2, 0.25) is 5.91 Å². The molecule has 0 saturated carbocycles. The van der Waals surface area contributed by atoms with Crippen LogP contribution in [0.25, 0.3) is 0 Å². The van der Waals surface area contributed by atoms with Crippen LogP contribution in [0.1, 0.15) is 12.2 Å². The molecule has 1 amide bonds. The first-order valence-corrected chi connectivity index (χ1v) is 5.44. The second-order valence-electron chi connectivity index (χ2n) is 4.08. The van der Waals surface area contributed by atoms with E-state index < -0.39 is 0 Å². The van der Waals surface area contributed by atoms with E-state index >= 15 is 0 Å². The van der Waals surface area contributed by atoms with Crippen LogP contribution in [0.4, 0.5) is 11.6 Å². The van der Waals surface area contributed by atoms with E-state index in [1.165, 1.54) is 0 Å². The Balaban J connectivity index is 2.13. The highest BCUT2D eigenvalue weighted by Gasteiger charge is 2.29. The number of nitrogens with two attached hydrogens (primary N) is 1. The number of hydrazine groups is 1. The normalized spacial score (nSPS) is 19.6. The molecule has 0 aromatic carbocycles. The number of likely N-dealkylation sites (N-methyl/N-ethyl adjacent to an activating group) is 1. The number of carbonyl (C=O) groups is 1. The summed E-state index contributed by atoms with van der Waals surface area (Å²) in [7, 11) is 1.79. The molecule has 4 N–H and O–H groups in total. The first-order chi connectivity index (χ1) is 8.10. The molecule has 1 saturated heterocycles. The summed E-state index contributed by atoms with van der Waals surface area (Å²) in [5.74, 6) is 7.12. The maximum absolute atomic E-state index is 11.7. The summed E-state index contributed by atoms with van der Waals surface area (Å²) in [5.41, 5.74) is 2.47. The minimum absolute atomic E-state index is 0.0866. The maximum Gasteiger partial charge on any atom is 0.244 e. The molecule has 17 heavy (non-hydrogen) atoms. The van der Waals surface area contributed by atoms with Gasteiger partial charge in [0.1, 0.15) is 23.5 Å². The van der Waals surface area contributed by atoms with Crippen molar-refractivity contribution in [2.45, 2.75) is 19.4 Å². The van der Waals surface area contributed by atoms with Gasteiger partial charge in [0.15, 0.2) is 0 Å². The second-order valence-corrected chi connectivity index (χ2v) is 4.08. The summed E-state index contributed by atoms with van der Waals surface area (Å²) in [4.78, 5) is 21.7. The predicted octanol–water partition coefficient (Wildman–Crippen LogP) is -0.287. The lowest BCUT2D eigenvalue weighted by molar-refractivity contribution is -0.127. The van der Waals surface area contributed by atoms with Gasteiger partial charge in [0.05, 0.1) is 0 Å². The average molecular weight is 236 g/mol. The smallest absolute Gasteiger partial charge is 0.244 e. The van der Waals surface area contributed by atoms with Gasteiger partial charge in [0.25, 0.3) is 0 Å². The van der Waals surface area contributed by atoms with Gasteiger partial charge in [-0.25, -0.2) is 15.8 Å². The molecule has 7 nitrogen and oxygen atoms in total. The van der Waals surface area contributed by atoms with E-state index in [-0.39, 0.29) is 11.9 Å². The van der Waals surface area contributed by atoms with E-state index in [0.29, 0.717) is 17.5 Å². The molecular weight excluding hydrogens is 220 g/mol. The number of aromatic nitrogens is 2. The third-order valence-corrected chi connectivity index (χ3v) is 2.74. The van der Waals surface area contributed by atoms with Crippen LogP contribution in [-0.2, 0) is 4.79 Å². The van der Waals surface area contributed by atoms with Crippen molar-refractivity contribution in [3.8, 4) is 0 Å². The van der Waals surface area contributed by atoms with Crippen LogP contribution in [0.5, 0.6) is 0 Å². The number of hydrogen-bond donors (Lipinski definition) is 3. The highest BCUT2D eigenvalue weighted by Crippen LogP contribution is 2.16. The topological polar surface area (TPSA) is 96.2 Å². The molecule has 1 unspecified atom stereocenters. The van der Waals surface area contributed by atoms with E-state index in [9.17, 15) is 4.79 Å². The minimum atomic E-state index is -0.208. The number of likely N-dealkylation sites (tertiary alicyclic amines) is 1. The largest absolute Gasteiger partial charge is 0.358 e. The number of hydrogen-bond acceptors (Lipinski definition) is 6. The number of aryl methyl sites for hydroxylation is 1. The van der Waals surface area contributed by atoms with Gasteiger partial charge < -0.3 is 15.6 Å². The van der Waals surface area contributed by atoms with Crippen LogP contribution >= 0.6 is 0 Å². The molecule has 1 aliphatic heterocycles. The van der Waals surface area contributed by atoms with Crippen molar-refractivity contribution in [3.63, 3.8) is 0 Å². The van der Waals surface area contributed by atoms with Gasteiger partial charge in [-0.3, -0.25) is 4.79 Å².